The van der Waals surface area contributed by atoms with Gasteiger partial charge in [-0.2, -0.15) is 10.5 Å². The van der Waals surface area contributed by atoms with Gasteiger partial charge >= 0.3 is 0 Å². The Hall–Kier alpha value is -6.62. The highest BCUT2D eigenvalue weighted by Crippen LogP contribution is 2.40. The SMILES string of the molecule is N#Cc1ccc(-c2ccc(C3=CC(n4c5ccccc5c5cccc(C#N)c54)CC=C3)cc2)c(-n2c3ccccc3c3ccccc32)c1. The van der Waals surface area contributed by atoms with E-state index in [2.05, 4.69) is 149 Å². The average molecular weight is 613 g/mol. The van der Waals surface area contributed by atoms with Gasteiger partial charge in [0.15, 0.2) is 0 Å². The summed E-state index contributed by atoms with van der Waals surface area (Å²) in [6, 6.07) is 50.9. The molecule has 0 saturated heterocycles. The van der Waals surface area contributed by atoms with Gasteiger partial charge in [0.05, 0.1) is 45.5 Å². The van der Waals surface area contributed by atoms with E-state index in [1.54, 1.807) is 0 Å². The fraction of sp³-hybridized carbons (Fsp3) is 0.0455. The van der Waals surface area contributed by atoms with Gasteiger partial charge < -0.3 is 9.13 Å². The number of aromatic nitrogens is 2. The molecule has 9 rings (SSSR count). The Bertz CT molecular complexity index is 2670. The minimum absolute atomic E-state index is 0.0713. The molecule has 2 aromatic heterocycles. The summed E-state index contributed by atoms with van der Waals surface area (Å²) in [5.74, 6) is 0. The third-order valence-corrected chi connectivity index (χ3v) is 9.71. The van der Waals surface area contributed by atoms with E-state index in [9.17, 15) is 10.5 Å². The molecular formula is C44H28N4. The van der Waals surface area contributed by atoms with Crippen molar-refractivity contribution in [3.05, 3.63) is 168 Å². The molecule has 1 aliphatic rings. The molecule has 0 spiro atoms. The smallest absolute Gasteiger partial charge is 0.101 e. The molecule has 0 aliphatic heterocycles. The zero-order chi connectivity index (χ0) is 32.2. The van der Waals surface area contributed by atoms with Crippen molar-refractivity contribution in [2.24, 2.45) is 0 Å². The molecule has 4 heteroatoms. The van der Waals surface area contributed by atoms with Gasteiger partial charge in [-0.15, -0.1) is 0 Å². The van der Waals surface area contributed by atoms with E-state index in [1.807, 2.05) is 24.3 Å². The molecule has 0 radical (unpaired) electrons. The quantitative estimate of drug-likeness (QED) is 0.199. The Kier molecular flexibility index (Phi) is 6.35. The zero-order valence-corrected chi connectivity index (χ0v) is 26.0. The Morgan fingerprint density at radius 2 is 1.21 bits per heavy atom. The lowest BCUT2D eigenvalue weighted by atomic mass is 9.94. The van der Waals surface area contributed by atoms with Crippen molar-refractivity contribution in [1.29, 1.82) is 10.5 Å². The lowest BCUT2D eigenvalue weighted by Crippen LogP contribution is -2.09. The molecule has 2 heterocycles. The Labute approximate surface area is 277 Å². The highest BCUT2D eigenvalue weighted by Gasteiger charge is 2.21. The summed E-state index contributed by atoms with van der Waals surface area (Å²) in [4.78, 5) is 0. The largest absolute Gasteiger partial charge is 0.332 e. The number of para-hydroxylation sites is 4. The molecule has 48 heavy (non-hydrogen) atoms. The number of nitrogens with zero attached hydrogens (tertiary/aromatic N) is 4. The maximum Gasteiger partial charge on any atom is 0.101 e. The summed E-state index contributed by atoms with van der Waals surface area (Å²) < 4.78 is 4.63. The number of hydrogen-bond donors (Lipinski definition) is 0. The fourth-order valence-electron chi connectivity index (χ4n) is 7.58. The highest BCUT2D eigenvalue weighted by atomic mass is 15.0. The van der Waals surface area contributed by atoms with Gasteiger partial charge in [0.25, 0.3) is 0 Å². The monoisotopic (exact) mass is 612 g/mol. The van der Waals surface area contributed by atoms with Gasteiger partial charge in [-0.25, -0.2) is 0 Å². The molecule has 224 valence electrons. The third kappa shape index (κ3) is 4.21. The van der Waals surface area contributed by atoms with E-state index in [0.717, 1.165) is 61.8 Å². The minimum Gasteiger partial charge on any atom is -0.332 e. The van der Waals surface area contributed by atoms with Gasteiger partial charge in [-0.1, -0.05) is 115 Å². The third-order valence-electron chi connectivity index (χ3n) is 9.71. The van der Waals surface area contributed by atoms with Crippen molar-refractivity contribution in [3.63, 3.8) is 0 Å². The molecule has 1 atom stereocenters. The van der Waals surface area contributed by atoms with Crippen LogP contribution in [0.4, 0.5) is 0 Å². The van der Waals surface area contributed by atoms with Crippen LogP contribution in [0.25, 0.3) is 66.0 Å². The summed E-state index contributed by atoms with van der Waals surface area (Å²) in [7, 11) is 0. The van der Waals surface area contributed by atoms with Crippen molar-refractivity contribution in [3.8, 4) is 29.0 Å². The molecule has 8 aromatic rings. The first-order chi connectivity index (χ1) is 23.7. The minimum atomic E-state index is 0.0713. The van der Waals surface area contributed by atoms with Crippen LogP contribution in [0, 0.1) is 22.7 Å². The van der Waals surface area contributed by atoms with E-state index < -0.39 is 0 Å². The molecule has 6 aromatic carbocycles. The standard InChI is InChI=1S/C44H28N4/c45-27-29-19-24-35(43(25-29)48-41-17-5-1-12-36(41)37-13-2-6-18-42(37)48)31-22-20-30(21-23-31)32-9-7-11-34(26-32)47-40-16-4-3-14-38(40)39-15-8-10-33(28-46)44(39)47/h1-10,12-26,34H,11H2. The molecule has 1 aliphatic carbocycles. The molecule has 0 saturated carbocycles. The van der Waals surface area contributed by atoms with Gasteiger partial charge in [0.1, 0.15) is 6.07 Å². The Morgan fingerprint density at radius 3 is 1.90 bits per heavy atom. The Morgan fingerprint density at radius 1 is 0.583 bits per heavy atom. The maximum atomic E-state index is 10.0. The van der Waals surface area contributed by atoms with Crippen LogP contribution < -0.4 is 0 Å². The number of benzene rings is 6. The number of allylic oxidation sites excluding steroid dienone is 4. The molecule has 0 amide bonds. The van der Waals surface area contributed by atoms with Crippen LogP contribution in [0.15, 0.2) is 152 Å². The predicted octanol–water partition coefficient (Wildman–Crippen LogP) is 10.9. The average Bonchev–Trinajstić information content (AvgIpc) is 3.68. The summed E-state index contributed by atoms with van der Waals surface area (Å²) in [5, 5.41) is 24.6. The van der Waals surface area contributed by atoms with Crippen LogP contribution >= 0.6 is 0 Å². The van der Waals surface area contributed by atoms with Gasteiger partial charge in [-0.05, 0) is 59.5 Å². The normalized spacial score (nSPS) is 14.4. The summed E-state index contributed by atoms with van der Waals surface area (Å²) >= 11 is 0. The van der Waals surface area contributed by atoms with E-state index >= 15 is 0 Å². The second-order valence-electron chi connectivity index (χ2n) is 12.3. The number of hydrogen-bond acceptors (Lipinski definition) is 2. The van der Waals surface area contributed by atoms with Crippen LogP contribution in [0.3, 0.4) is 0 Å². The van der Waals surface area contributed by atoms with Crippen molar-refractivity contribution >= 4 is 49.2 Å². The van der Waals surface area contributed by atoms with Gasteiger partial charge in [0.2, 0.25) is 0 Å². The zero-order valence-electron chi connectivity index (χ0n) is 26.0. The summed E-state index contributed by atoms with van der Waals surface area (Å²) in [6.45, 7) is 0. The van der Waals surface area contributed by atoms with Crippen LogP contribution in [0.1, 0.15) is 29.2 Å². The predicted molar refractivity (Wildman–Crippen MR) is 196 cm³/mol. The first-order valence-electron chi connectivity index (χ1n) is 16.2. The topological polar surface area (TPSA) is 57.4 Å². The van der Waals surface area contributed by atoms with E-state index in [-0.39, 0.29) is 6.04 Å². The Balaban J connectivity index is 1.15. The van der Waals surface area contributed by atoms with Crippen molar-refractivity contribution in [2.45, 2.75) is 12.5 Å². The van der Waals surface area contributed by atoms with Crippen molar-refractivity contribution in [2.75, 3.05) is 0 Å². The van der Waals surface area contributed by atoms with E-state index in [4.69, 9.17) is 0 Å². The highest BCUT2D eigenvalue weighted by molar-refractivity contribution is 6.11. The van der Waals surface area contributed by atoms with Crippen molar-refractivity contribution < 1.29 is 0 Å². The first kappa shape index (κ1) is 27.7. The second-order valence-corrected chi connectivity index (χ2v) is 12.3. The van der Waals surface area contributed by atoms with Crippen molar-refractivity contribution in [1.82, 2.24) is 9.13 Å². The lowest BCUT2D eigenvalue weighted by Gasteiger charge is -2.22. The molecular weight excluding hydrogens is 585 g/mol. The molecule has 0 N–H and O–H groups in total. The second kappa shape index (κ2) is 11.0. The fourth-order valence-corrected chi connectivity index (χ4v) is 7.58. The van der Waals surface area contributed by atoms with E-state index in [1.165, 1.54) is 16.2 Å². The number of nitriles is 2. The summed E-state index contributed by atoms with van der Waals surface area (Å²) in [6.07, 6.45) is 7.63. The first-order valence-corrected chi connectivity index (χ1v) is 16.2. The molecule has 0 fully saturated rings. The lowest BCUT2D eigenvalue weighted by molar-refractivity contribution is 0.649. The molecule has 4 nitrogen and oxygen atoms in total. The number of rotatable bonds is 4. The van der Waals surface area contributed by atoms with Crippen LogP contribution in [0.5, 0.6) is 0 Å². The van der Waals surface area contributed by atoms with Crippen LogP contribution in [-0.2, 0) is 0 Å². The van der Waals surface area contributed by atoms with Gasteiger partial charge in [0, 0.05) is 32.6 Å². The summed E-state index contributed by atoms with van der Waals surface area (Å²) in [5.41, 5.74) is 11.1. The van der Waals surface area contributed by atoms with Gasteiger partial charge in [-0.3, -0.25) is 0 Å². The maximum absolute atomic E-state index is 10.0. The molecule has 0 bridgehead atoms. The van der Waals surface area contributed by atoms with Crippen LogP contribution in [0.2, 0.25) is 0 Å². The number of fused-ring (bicyclic) bond motifs is 6. The molecule has 1 unspecified atom stereocenters. The van der Waals surface area contributed by atoms with E-state index in [0.29, 0.717) is 11.1 Å². The van der Waals surface area contributed by atoms with Crippen LogP contribution in [-0.4, -0.2) is 9.13 Å².